The van der Waals surface area contributed by atoms with E-state index in [9.17, 15) is 15.2 Å². The summed E-state index contributed by atoms with van der Waals surface area (Å²) >= 11 is 0. The van der Waals surface area contributed by atoms with Gasteiger partial charge in [-0.05, 0) is 24.8 Å². The summed E-state index contributed by atoms with van der Waals surface area (Å²) in [5.41, 5.74) is 6.49. The summed E-state index contributed by atoms with van der Waals surface area (Å²) in [5.74, 6) is 0.200. The van der Waals surface area contributed by atoms with Crippen molar-refractivity contribution in [1.82, 2.24) is 0 Å². The number of aromatic hydroxyl groups is 1. The van der Waals surface area contributed by atoms with E-state index in [0.717, 1.165) is 12.8 Å². The van der Waals surface area contributed by atoms with Gasteiger partial charge in [0.1, 0.15) is 5.75 Å². The standard InChI is InChI=1S/C12H16N2O4.ClH/c13-12(8-3-5-18-6-4-8)10-7-9(14(16)17)1-2-11(10)15;/h1-2,7-8,12,15H,3-6,13H2;1H/t12-;/m1./s1. The highest BCUT2D eigenvalue weighted by atomic mass is 35.5. The number of hydrogen-bond acceptors (Lipinski definition) is 5. The van der Waals surface area contributed by atoms with Crippen LogP contribution in [0.3, 0.4) is 0 Å². The average Bonchev–Trinajstić information content (AvgIpc) is 2.39. The van der Waals surface area contributed by atoms with Gasteiger partial charge >= 0.3 is 0 Å². The molecule has 7 heteroatoms. The third kappa shape index (κ3) is 3.56. The van der Waals surface area contributed by atoms with Crippen molar-refractivity contribution in [1.29, 1.82) is 0 Å². The highest BCUT2D eigenvalue weighted by molar-refractivity contribution is 5.85. The van der Waals surface area contributed by atoms with Crippen LogP contribution in [-0.2, 0) is 4.74 Å². The molecule has 1 fully saturated rings. The summed E-state index contributed by atoms with van der Waals surface area (Å²) in [5, 5.41) is 20.5. The summed E-state index contributed by atoms with van der Waals surface area (Å²) in [7, 11) is 0. The van der Waals surface area contributed by atoms with E-state index in [-0.39, 0.29) is 29.8 Å². The number of phenolic OH excluding ortho intramolecular Hbond substituents is 1. The number of non-ortho nitro benzene ring substituents is 1. The number of nitro groups is 1. The van der Waals surface area contributed by atoms with Gasteiger partial charge in [0.25, 0.3) is 5.69 Å². The predicted molar refractivity (Wildman–Crippen MR) is 72.5 cm³/mol. The Bertz CT molecular complexity index is 449. The number of nitrogens with two attached hydrogens (primary N) is 1. The van der Waals surface area contributed by atoms with E-state index in [4.69, 9.17) is 10.5 Å². The van der Waals surface area contributed by atoms with Crippen molar-refractivity contribution in [2.24, 2.45) is 11.7 Å². The predicted octanol–water partition coefficient (Wildman–Crippen LogP) is 2.15. The third-order valence-electron chi connectivity index (χ3n) is 3.35. The van der Waals surface area contributed by atoms with Crippen molar-refractivity contribution in [2.75, 3.05) is 13.2 Å². The highest BCUT2D eigenvalue weighted by Gasteiger charge is 2.25. The lowest BCUT2D eigenvalue weighted by Gasteiger charge is -2.28. The Balaban J connectivity index is 0.00000180. The minimum absolute atomic E-state index is 0. The van der Waals surface area contributed by atoms with Gasteiger partial charge in [0.15, 0.2) is 0 Å². The first-order chi connectivity index (χ1) is 8.59. The maximum absolute atomic E-state index is 10.7. The van der Waals surface area contributed by atoms with E-state index in [2.05, 4.69) is 0 Å². The van der Waals surface area contributed by atoms with Gasteiger partial charge in [0.2, 0.25) is 0 Å². The van der Waals surface area contributed by atoms with Crippen molar-refractivity contribution in [3.63, 3.8) is 0 Å². The molecular formula is C12H17ClN2O4. The van der Waals surface area contributed by atoms with Crippen LogP contribution in [0.25, 0.3) is 0 Å². The van der Waals surface area contributed by atoms with E-state index < -0.39 is 11.0 Å². The fourth-order valence-corrected chi connectivity index (χ4v) is 2.25. The molecule has 6 nitrogen and oxygen atoms in total. The van der Waals surface area contributed by atoms with Gasteiger partial charge in [0, 0.05) is 37.0 Å². The van der Waals surface area contributed by atoms with Crippen molar-refractivity contribution in [2.45, 2.75) is 18.9 Å². The number of hydrogen-bond donors (Lipinski definition) is 2. The third-order valence-corrected chi connectivity index (χ3v) is 3.35. The summed E-state index contributed by atoms with van der Waals surface area (Å²) < 4.78 is 5.25. The number of ether oxygens (including phenoxy) is 1. The Hall–Kier alpha value is -1.37. The molecule has 1 saturated heterocycles. The largest absolute Gasteiger partial charge is 0.508 e. The SMILES string of the molecule is Cl.N[C@@H](c1cc([N+](=O)[O-])ccc1O)C1CCOCC1. The second kappa shape index (κ2) is 6.70. The minimum atomic E-state index is -0.486. The van der Waals surface area contributed by atoms with Crippen molar-refractivity contribution < 1.29 is 14.8 Å². The van der Waals surface area contributed by atoms with Crippen LogP contribution in [-0.4, -0.2) is 23.2 Å². The molecule has 0 spiro atoms. The number of nitrogens with zero attached hydrogens (tertiary/aromatic N) is 1. The van der Waals surface area contributed by atoms with Crippen molar-refractivity contribution in [3.8, 4) is 5.75 Å². The first-order valence-corrected chi connectivity index (χ1v) is 5.90. The molecule has 1 aliphatic rings. The maximum Gasteiger partial charge on any atom is 0.270 e. The molecule has 1 aromatic carbocycles. The average molecular weight is 289 g/mol. The molecule has 106 valence electrons. The van der Waals surface area contributed by atoms with Crippen molar-refractivity contribution in [3.05, 3.63) is 33.9 Å². The topological polar surface area (TPSA) is 98.6 Å². The molecular weight excluding hydrogens is 272 g/mol. The Morgan fingerprint density at radius 1 is 1.42 bits per heavy atom. The Labute approximate surface area is 117 Å². The summed E-state index contributed by atoms with van der Waals surface area (Å²) in [4.78, 5) is 10.2. The van der Waals surface area contributed by atoms with Gasteiger partial charge in [-0.1, -0.05) is 0 Å². The number of rotatable bonds is 3. The number of nitro benzene ring substituents is 1. The molecule has 0 aliphatic carbocycles. The van der Waals surface area contributed by atoms with Crippen LogP contribution in [0.4, 0.5) is 5.69 Å². The molecule has 1 atom stereocenters. The maximum atomic E-state index is 10.7. The molecule has 0 aromatic heterocycles. The van der Waals surface area contributed by atoms with Crippen LogP contribution in [0.1, 0.15) is 24.4 Å². The minimum Gasteiger partial charge on any atom is -0.508 e. The zero-order valence-electron chi connectivity index (χ0n) is 10.3. The fraction of sp³-hybridized carbons (Fsp3) is 0.500. The molecule has 2 rings (SSSR count). The van der Waals surface area contributed by atoms with E-state index in [1.54, 1.807) is 0 Å². The Morgan fingerprint density at radius 2 is 2.05 bits per heavy atom. The Morgan fingerprint density at radius 3 is 2.63 bits per heavy atom. The molecule has 0 saturated carbocycles. The van der Waals surface area contributed by atoms with Crippen LogP contribution in [0.5, 0.6) is 5.75 Å². The lowest BCUT2D eigenvalue weighted by atomic mass is 9.87. The second-order valence-electron chi connectivity index (χ2n) is 4.48. The number of phenols is 1. The Kier molecular flexibility index (Phi) is 5.53. The lowest BCUT2D eigenvalue weighted by Crippen LogP contribution is -2.27. The lowest BCUT2D eigenvalue weighted by molar-refractivity contribution is -0.385. The molecule has 1 aromatic rings. The second-order valence-corrected chi connectivity index (χ2v) is 4.48. The van der Waals surface area contributed by atoms with E-state index >= 15 is 0 Å². The van der Waals surface area contributed by atoms with E-state index in [1.807, 2.05) is 0 Å². The van der Waals surface area contributed by atoms with Gasteiger partial charge in [-0.3, -0.25) is 10.1 Å². The molecule has 1 heterocycles. The zero-order valence-corrected chi connectivity index (χ0v) is 11.1. The van der Waals surface area contributed by atoms with Crippen molar-refractivity contribution >= 4 is 18.1 Å². The van der Waals surface area contributed by atoms with E-state index in [1.165, 1.54) is 18.2 Å². The van der Waals surface area contributed by atoms with Gasteiger partial charge < -0.3 is 15.6 Å². The summed E-state index contributed by atoms with van der Waals surface area (Å²) in [6.45, 7) is 1.29. The van der Waals surface area contributed by atoms with Crippen LogP contribution in [0.15, 0.2) is 18.2 Å². The molecule has 0 unspecified atom stereocenters. The van der Waals surface area contributed by atoms with Crippen LogP contribution < -0.4 is 5.73 Å². The molecule has 0 amide bonds. The normalized spacial score (nSPS) is 17.5. The monoisotopic (exact) mass is 288 g/mol. The number of benzene rings is 1. The first-order valence-electron chi connectivity index (χ1n) is 5.90. The van der Waals surface area contributed by atoms with E-state index in [0.29, 0.717) is 18.8 Å². The molecule has 0 radical (unpaired) electrons. The van der Waals surface area contributed by atoms with Gasteiger partial charge in [0.05, 0.1) is 4.92 Å². The summed E-state index contributed by atoms with van der Waals surface area (Å²) in [6.07, 6.45) is 1.62. The summed E-state index contributed by atoms with van der Waals surface area (Å²) in [6, 6.07) is 3.56. The fourth-order valence-electron chi connectivity index (χ4n) is 2.25. The molecule has 0 bridgehead atoms. The first kappa shape index (κ1) is 15.7. The molecule has 3 N–H and O–H groups in total. The molecule has 1 aliphatic heterocycles. The number of halogens is 1. The quantitative estimate of drug-likeness (QED) is 0.656. The molecule has 19 heavy (non-hydrogen) atoms. The van der Waals surface area contributed by atoms with Gasteiger partial charge in [-0.2, -0.15) is 0 Å². The van der Waals surface area contributed by atoms with Gasteiger partial charge in [-0.15, -0.1) is 12.4 Å². The van der Waals surface area contributed by atoms with Crippen LogP contribution >= 0.6 is 12.4 Å². The zero-order chi connectivity index (χ0) is 13.1. The van der Waals surface area contributed by atoms with Crippen LogP contribution in [0, 0.1) is 16.0 Å². The smallest absolute Gasteiger partial charge is 0.270 e. The van der Waals surface area contributed by atoms with Gasteiger partial charge in [-0.25, -0.2) is 0 Å². The highest BCUT2D eigenvalue weighted by Crippen LogP contribution is 2.34. The van der Waals surface area contributed by atoms with Crippen LogP contribution in [0.2, 0.25) is 0 Å².